The van der Waals surface area contributed by atoms with Crippen molar-refractivity contribution in [3.05, 3.63) is 63.3 Å². The summed E-state index contributed by atoms with van der Waals surface area (Å²) in [5, 5.41) is 3.97. The smallest absolute Gasteiger partial charge is 0.126 e. The fourth-order valence-electron chi connectivity index (χ4n) is 1.92. The number of hydrogen-bond acceptors (Lipinski definition) is 1. The Bertz CT molecular complexity index is 574. The lowest BCUT2D eigenvalue weighted by atomic mass is 10.1. The van der Waals surface area contributed by atoms with Gasteiger partial charge in [-0.3, -0.25) is 0 Å². The molecule has 4 heteroatoms. The van der Waals surface area contributed by atoms with Crippen molar-refractivity contribution in [3.8, 4) is 0 Å². The molecule has 0 amide bonds. The van der Waals surface area contributed by atoms with Gasteiger partial charge < -0.3 is 5.32 Å². The zero-order valence-electron chi connectivity index (χ0n) is 10.5. The largest absolute Gasteiger partial charge is 0.382 e. The van der Waals surface area contributed by atoms with E-state index in [1.54, 1.807) is 6.07 Å². The van der Waals surface area contributed by atoms with Crippen molar-refractivity contribution >= 4 is 33.2 Å². The Morgan fingerprint density at radius 3 is 2.68 bits per heavy atom. The van der Waals surface area contributed by atoms with Gasteiger partial charge in [0.2, 0.25) is 0 Å². The van der Waals surface area contributed by atoms with Crippen molar-refractivity contribution < 1.29 is 4.39 Å². The summed E-state index contributed by atoms with van der Waals surface area (Å²) in [7, 11) is 0. The van der Waals surface area contributed by atoms with Crippen LogP contribution in [0.15, 0.2) is 46.9 Å². The summed E-state index contributed by atoms with van der Waals surface area (Å²) in [5.41, 5.74) is 1.64. The number of rotatable bonds is 4. The van der Waals surface area contributed by atoms with E-state index in [-0.39, 0.29) is 11.9 Å². The third-order valence-electron chi connectivity index (χ3n) is 2.82. The minimum atomic E-state index is -0.162. The van der Waals surface area contributed by atoms with Gasteiger partial charge in [0.05, 0.1) is 5.02 Å². The van der Waals surface area contributed by atoms with Gasteiger partial charge in [0.1, 0.15) is 5.82 Å². The lowest BCUT2D eigenvalue weighted by Gasteiger charge is -2.16. The third-order valence-corrected chi connectivity index (χ3v) is 4.05. The Hall–Kier alpha value is -1.06. The van der Waals surface area contributed by atoms with Gasteiger partial charge in [-0.15, -0.1) is 0 Å². The Kier molecular flexibility index (Phi) is 4.83. The van der Waals surface area contributed by atoms with Crippen LogP contribution in [0.2, 0.25) is 5.02 Å². The highest BCUT2D eigenvalue weighted by atomic mass is 79.9. The van der Waals surface area contributed by atoms with Crippen molar-refractivity contribution in [1.29, 1.82) is 0 Å². The summed E-state index contributed by atoms with van der Waals surface area (Å²) in [5.74, 6) is -0.162. The first kappa shape index (κ1) is 14.4. The van der Waals surface area contributed by atoms with Crippen LogP contribution in [0.1, 0.15) is 12.5 Å². The maximum absolute atomic E-state index is 13.6. The van der Waals surface area contributed by atoms with E-state index in [1.165, 1.54) is 6.07 Å². The first-order valence-electron chi connectivity index (χ1n) is 6.01. The van der Waals surface area contributed by atoms with Crippen LogP contribution in [0.3, 0.4) is 0 Å². The Morgan fingerprint density at radius 2 is 2.00 bits per heavy atom. The standard InChI is InChI=1S/C15H14BrClFN/c1-10(8-11-4-2-3-5-15(11)18)19-12-6-7-13(16)14(17)9-12/h2-7,9-10,19H,8H2,1H3. The summed E-state index contributed by atoms with van der Waals surface area (Å²) in [6.07, 6.45) is 0.625. The SMILES string of the molecule is CC(Cc1ccccc1F)Nc1ccc(Br)c(Cl)c1. The summed E-state index contributed by atoms with van der Waals surface area (Å²) >= 11 is 9.39. The quantitative estimate of drug-likeness (QED) is 0.796. The summed E-state index contributed by atoms with van der Waals surface area (Å²) < 4.78 is 14.4. The second-order valence-electron chi connectivity index (χ2n) is 4.47. The van der Waals surface area contributed by atoms with Crippen LogP contribution in [0.25, 0.3) is 0 Å². The van der Waals surface area contributed by atoms with E-state index in [0.29, 0.717) is 17.0 Å². The van der Waals surface area contributed by atoms with E-state index in [4.69, 9.17) is 11.6 Å². The Labute approximate surface area is 125 Å². The van der Waals surface area contributed by atoms with Crippen LogP contribution in [0.5, 0.6) is 0 Å². The molecule has 2 aromatic rings. The average Bonchev–Trinajstić information content (AvgIpc) is 2.37. The normalized spacial score (nSPS) is 12.2. The molecule has 0 aliphatic rings. The second kappa shape index (κ2) is 6.40. The van der Waals surface area contributed by atoms with E-state index in [1.807, 2.05) is 37.3 Å². The molecule has 0 saturated carbocycles. The molecule has 1 unspecified atom stereocenters. The van der Waals surface area contributed by atoms with Crippen LogP contribution in [-0.2, 0) is 6.42 Å². The molecule has 19 heavy (non-hydrogen) atoms. The van der Waals surface area contributed by atoms with Crippen molar-refractivity contribution in [3.63, 3.8) is 0 Å². The molecule has 0 aromatic heterocycles. The van der Waals surface area contributed by atoms with Gasteiger partial charge >= 0.3 is 0 Å². The van der Waals surface area contributed by atoms with Gasteiger partial charge in [-0.1, -0.05) is 29.8 Å². The molecule has 1 nitrogen and oxygen atoms in total. The van der Waals surface area contributed by atoms with Crippen LogP contribution in [-0.4, -0.2) is 6.04 Å². The molecular weight excluding hydrogens is 329 g/mol. The van der Waals surface area contributed by atoms with E-state index in [9.17, 15) is 4.39 Å². The van der Waals surface area contributed by atoms with Gasteiger partial charge in [0.15, 0.2) is 0 Å². The molecule has 0 saturated heterocycles. The highest BCUT2D eigenvalue weighted by molar-refractivity contribution is 9.10. The third kappa shape index (κ3) is 3.95. The molecule has 0 aliphatic carbocycles. The fourth-order valence-corrected chi connectivity index (χ4v) is 2.34. The lowest BCUT2D eigenvalue weighted by Crippen LogP contribution is -2.18. The van der Waals surface area contributed by atoms with E-state index in [0.717, 1.165) is 10.2 Å². The number of anilines is 1. The first-order chi connectivity index (χ1) is 9.06. The monoisotopic (exact) mass is 341 g/mol. The maximum Gasteiger partial charge on any atom is 0.126 e. The summed E-state index contributed by atoms with van der Waals surface area (Å²) in [6, 6.07) is 12.6. The number of halogens is 3. The van der Waals surface area contributed by atoms with E-state index < -0.39 is 0 Å². The van der Waals surface area contributed by atoms with Gasteiger partial charge in [0.25, 0.3) is 0 Å². The zero-order chi connectivity index (χ0) is 13.8. The highest BCUT2D eigenvalue weighted by Crippen LogP contribution is 2.26. The molecule has 0 aliphatic heterocycles. The number of hydrogen-bond donors (Lipinski definition) is 1. The molecule has 100 valence electrons. The Balaban J connectivity index is 2.03. The molecule has 0 bridgehead atoms. The minimum absolute atomic E-state index is 0.120. The van der Waals surface area contributed by atoms with Crippen LogP contribution in [0, 0.1) is 5.82 Å². The van der Waals surface area contributed by atoms with E-state index >= 15 is 0 Å². The molecule has 1 atom stereocenters. The summed E-state index contributed by atoms with van der Waals surface area (Å²) in [6.45, 7) is 2.02. The minimum Gasteiger partial charge on any atom is -0.382 e. The average molecular weight is 343 g/mol. The van der Waals surface area contributed by atoms with Crippen molar-refractivity contribution in [1.82, 2.24) is 0 Å². The second-order valence-corrected chi connectivity index (χ2v) is 5.73. The fraction of sp³-hybridized carbons (Fsp3) is 0.200. The van der Waals surface area contributed by atoms with E-state index in [2.05, 4.69) is 21.2 Å². The van der Waals surface area contributed by atoms with Gasteiger partial charge in [0, 0.05) is 16.2 Å². The van der Waals surface area contributed by atoms with Gasteiger partial charge in [-0.25, -0.2) is 4.39 Å². The first-order valence-corrected chi connectivity index (χ1v) is 7.18. The topological polar surface area (TPSA) is 12.0 Å². The van der Waals surface area contributed by atoms with Crippen LogP contribution in [0.4, 0.5) is 10.1 Å². The molecule has 0 radical (unpaired) electrons. The molecule has 0 fully saturated rings. The Morgan fingerprint density at radius 1 is 1.26 bits per heavy atom. The van der Waals surface area contributed by atoms with Crippen molar-refractivity contribution in [2.75, 3.05) is 5.32 Å². The van der Waals surface area contributed by atoms with Gasteiger partial charge in [-0.2, -0.15) is 0 Å². The zero-order valence-corrected chi connectivity index (χ0v) is 12.8. The van der Waals surface area contributed by atoms with Crippen LogP contribution >= 0.6 is 27.5 Å². The molecule has 2 rings (SSSR count). The van der Waals surface area contributed by atoms with Crippen molar-refractivity contribution in [2.24, 2.45) is 0 Å². The predicted octanol–water partition coefficient (Wildman–Crippen LogP) is 5.28. The number of benzene rings is 2. The molecular formula is C15H14BrClFN. The summed E-state index contributed by atoms with van der Waals surface area (Å²) in [4.78, 5) is 0. The van der Waals surface area contributed by atoms with Crippen molar-refractivity contribution in [2.45, 2.75) is 19.4 Å². The maximum atomic E-state index is 13.6. The molecule has 1 N–H and O–H groups in total. The molecule has 2 aromatic carbocycles. The predicted molar refractivity (Wildman–Crippen MR) is 82.3 cm³/mol. The highest BCUT2D eigenvalue weighted by Gasteiger charge is 2.08. The molecule has 0 heterocycles. The molecule has 0 spiro atoms. The van der Waals surface area contributed by atoms with Crippen LogP contribution < -0.4 is 5.32 Å². The lowest BCUT2D eigenvalue weighted by molar-refractivity contribution is 0.601. The number of nitrogens with one attached hydrogen (secondary N) is 1. The van der Waals surface area contributed by atoms with Gasteiger partial charge in [-0.05, 0) is 59.1 Å².